The molecular weight excluding hydrogens is 586 g/mol. The summed E-state index contributed by atoms with van der Waals surface area (Å²) in [6.45, 7) is 6.53. The monoisotopic (exact) mass is 637 g/mol. The SMILES string of the molecule is CC[C@@H]1C(=O)N(C)c2cnc(Nc3ccc(C(=O)NCCOCCCCCOC4CCNCC4)cc3OC)nc2N1C1CCCC1. The molecule has 3 aliphatic rings. The summed E-state index contributed by atoms with van der Waals surface area (Å²) >= 11 is 0. The lowest BCUT2D eigenvalue weighted by molar-refractivity contribution is -0.120. The molecule has 0 bridgehead atoms. The number of nitrogens with one attached hydrogen (secondary N) is 3. The molecule has 12 nitrogen and oxygen atoms in total. The van der Waals surface area contributed by atoms with Crippen LogP contribution in [-0.4, -0.2) is 93.6 Å². The van der Waals surface area contributed by atoms with Gasteiger partial charge in [-0.1, -0.05) is 19.8 Å². The van der Waals surface area contributed by atoms with Gasteiger partial charge < -0.3 is 40.0 Å². The third kappa shape index (κ3) is 8.45. The van der Waals surface area contributed by atoms with E-state index in [2.05, 4.69) is 32.8 Å². The summed E-state index contributed by atoms with van der Waals surface area (Å²) in [6.07, 6.45) is 12.6. The molecule has 0 spiro atoms. The van der Waals surface area contributed by atoms with E-state index in [-0.39, 0.29) is 23.9 Å². The quantitative estimate of drug-likeness (QED) is 0.228. The molecular formula is C34H51N7O5. The molecule has 1 saturated carbocycles. The predicted octanol–water partition coefficient (Wildman–Crippen LogP) is 4.42. The fourth-order valence-corrected chi connectivity index (χ4v) is 6.64. The maximum absolute atomic E-state index is 13.2. The normalized spacial score (nSPS) is 18.9. The second kappa shape index (κ2) is 16.9. The summed E-state index contributed by atoms with van der Waals surface area (Å²) in [5.41, 5.74) is 1.84. The Balaban J connectivity index is 1.10. The summed E-state index contributed by atoms with van der Waals surface area (Å²) in [7, 11) is 3.36. The Hall–Kier alpha value is -3.48. The molecule has 1 aromatic carbocycles. The number of aromatic nitrogens is 2. The van der Waals surface area contributed by atoms with E-state index in [1.54, 1.807) is 43.5 Å². The number of carbonyl (C=O) groups is 2. The van der Waals surface area contributed by atoms with Crippen molar-refractivity contribution in [2.45, 2.75) is 89.3 Å². The first-order chi connectivity index (χ1) is 22.5. The van der Waals surface area contributed by atoms with E-state index in [1.807, 2.05) is 0 Å². The van der Waals surface area contributed by atoms with Gasteiger partial charge in [-0.2, -0.15) is 4.98 Å². The Bertz CT molecular complexity index is 1300. The molecule has 1 aliphatic carbocycles. The van der Waals surface area contributed by atoms with Crippen LogP contribution in [0.5, 0.6) is 5.75 Å². The number of hydrogen-bond donors (Lipinski definition) is 3. The van der Waals surface area contributed by atoms with Gasteiger partial charge in [-0.15, -0.1) is 0 Å². The van der Waals surface area contributed by atoms with E-state index in [1.165, 1.54) is 0 Å². The molecule has 2 fully saturated rings. The van der Waals surface area contributed by atoms with Crippen molar-refractivity contribution in [1.82, 2.24) is 20.6 Å². The number of hydrogen-bond acceptors (Lipinski definition) is 10. The van der Waals surface area contributed by atoms with Crippen molar-refractivity contribution >= 4 is 35.0 Å². The first kappa shape index (κ1) is 33.9. The maximum atomic E-state index is 13.2. The standard InChI is InChI=1S/C34H51N7O5/c1-4-28-33(43)40(2)29-23-37-34(39-31(29)41(28)25-10-6-7-11-25)38-27-13-12-24(22-30(27)44-3)32(42)36-18-21-45-19-8-5-9-20-46-26-14-16-35-17-15-26/h12-13,22-23,25-26,28,35H,4-11,14-21H2,1-3H3,(H,36,42)(H,37,38,39)/t28-/m1/s1. The van der Waals surface area contributed by atoms with Crippen LogP contribution >= 0.6 is 0 Å². The van der Waals surface area contributed by atoms with Crippen molar-refractivity contribution in [3.63, 3.8) is 0 Å². The number of piperidine rings is 1. The molecule has 5 rings (SSSR count). The van der Waals surface area contributed by atoms with Gasteiger partial charge in [0.25, 0.3) is 5.91 Å². The first-order valence-electron chi connectivity index (χ1n) is 17.1. The molecule has 1 aromatic heterocycles. The van der Waals surface area contributed by atoms with Gasteiger partial charge in [-0.05, 0) is 82.7 Å². The third-order valence-electron chi connectivity index (χ3n) is 9.23. The van der Waals surface area contributed by atoms with Crippen LogP contribution in [0, 0.1) is 0 Å². The average Bonchev–Trinajstić information content (AvgIpc) is 3.62. The minimum Gasteiger partial charge on any atom is -0.495 e. The fourth-order valence-electron chi connectivity index (χ4n) is 6.64. The van der Waals surface area contributed by atoms with Crippen LogP contribution in [0.4, 0.5) is 23.1 Å². The minimum absolute atomic E-state index is 0.0810. The van der Waals surface area contributed by atoms with Crippen LogP contribution in [0.2, 0.25) is 0 Å². The number of likely N-dealkylation sites (N-methyl/N-ethyl adjacent to an activating group) is 1. The molecule has 12 heteroatoms. The zero-order chi connectivity index (χ0) is 32.3. The van der Waals surface area contributed by atoms with Crippen molar-refractivity contribution in [3.8, 4) is 5.75 Å². The lowest BCUT2D eigenvalue weighted by Crippen LogP contribution is -2.55. The van der Waals surface area contributed by atoms with Gasteiger partial charge in [-0.3, -0.25) is 9.59 Å². The lowest BCUT2D eigenvalue weighted by atomic mass is 10.0. The van der Waals surface area contributed by atoms with Crippen LogP contribution in [0.1, 0.15) is 81.5 Å². The summed E-state index contributed by atoms with van der Waals surface area (Å²) < 4.78 is 17.3. The number of ether oxygens (including phenoxy) is 3. The van der Waals surface area contributed by atoms with Crippen molar-refractivity contribution in [1.29, 1.82) is 0 Å². The largest absolute Gasteiger partial charge is 0.495 e. The van der Waals surface area contributed by atoms with Gasteiger partial charge in [0.2, 0.25) is 11.9 Å². The highest BCUT2D eigenvalue weighted by molar-refractivity contribution is 6.04. The molecule has 252 valence electrons. The summed E-state index contributed by atoms with van der Waals surface area (Å²) in [6, 6.07) is 5.29. The average molecular weight is 638 g/mol. The Morgan fingerprint density at radius 2 is 1.85 bits per heavy atom. The number of amides is 2. The van der Waals surface area contributed by atoms with Gasteiger partial charge in [0.15, 0.2) is 5.82 Å². The first-order valence-corrected chi connectivity index (χ1v) is 17.1. The number of unbranched alkanes of at least 4 members (excludes halogenated alkanes) is 2. The van der Waals surface area contributed by atoms with Crippen LogP contribution in [0.15, 0.2) is 24.4 Å². The molecule has 0 unspecified atom stereocenters. The molecule has 2 aliphatic heterocycles. The van der Waals surface area contributed by atoms with Crippen molar-refractivity contribution in [2.75, 3.05) is 68.7 Å². The van der Waals surface area contributed by atoms with Gasteiger partial charge in [0, 0.05) is 38.4 Å². The second-order valence-corrected chi connectivity index (χ2v) is 12.4. The zero-order valence-electron chi connectivity index (χ0n) is 27.7. The van der Waals surface area contributed by atoms with Crippen molar-refractivity contribution in [3.05, 3.63) is 30.0 Å². The molecule has 2 amide bonds. The Morgan fingerprint density at radius 3 is 2.61 bits per heavy atom. The number of carbonyl (C=O) groups excluding carboxylic acids is 2. The van der Waals surface area contributed by atoms with Crippen molar-refractivity contribution < 1.29 is 23.8 Å². The van der Waals surface area contributed by atoms with E-state index in [0.717, 1.165) is 83.3 Å². The fraction of sp³-hybridized carbons (Fsp3) is 0.647. The number of nitrogens with zero attached hydrogens (tertiary/aromatic N) is 4. The van der Waals surface area contributed by atoms with Crippen molar-refractivity contribution in [2.24, 2.45) is 0 Å². The molecule has 2 aromatic rings. The smallest absolute Gasteiger partial charge is 0.251 e. The van der Waals surface area contributed by atoms with Gasteiger partial charge >= 0.3 is 0 Å². The van der Waals surface area contributed by atoms with Gasteiger partial charge in [-0.25, -0.2) is 4.98 Å². The highest BCUT2D eigenvalue weighted by Crippen LogP contribution is 2.40. The minimum atomic E-state index is -0.241. The highest BCUT2D eigenvalue weighted by atomic mass is 16.5. The summed E-state index contributed by atoms with van der Waals surface area (Å²) in [5, 5.41) is 9.55. The van der Waals surface area contributed by atoms with Gasteiger partial charge in [0.1, 0.15) is 17.5 Å². The van der Waals surface area contributed by atoms with E-state index in [4.69, 9.17) is 19.2 Å². The van der Waals surface area contributed by atoms with Gasteiger partial charge in [0.05, 0.1) is 31.7 Å². The molecule has 3 heterocycles. The zero-order valence-corrected chi connectivity index (χ0v) is 27.7. The molecule has 1 atom stereocenters. The number of anilines is 4. The maximum Gasteiger partial charge on any atom is 0.251 e. The van der Waals surface area contributed by atoms with E-state index >= 15 is 0 Å². The van der Waals surface area contributed by atoms with E-state index in [9.17, 15) is 9.59 Å². The number of rotatable bonds is 16. The predicted molar refractivity (Wildman–Crippen MR) is 179 cm³/mol. The Labute approximate surface area is 273 Å². The van der Waals surface area contributed by atoms with Crippen LogP contribution in [0.25, 0.3) is 0 Å². The second-order valence-electron chi connectivity index (χ2n) is 12.4. The number of methoxy groups -OCH3 is 1. The van der Waals surface area contributed by atoms with Crippen LogP contribution < -0.4 is 30.5 Å². The Morgan fingerprint density at radius 1 is 1.07 bits per heavy atom. The molecule has 1 saturated heterocycles. The van der Waals surface area contributed by atoms with E-state index in [0.29, 0.717) is 60.9 Å². The Kier molecular flexibility index (Phi) is 12.4. The topological polar surface area (TPSA) is 130 Å². The summed E-state index contributed by atoms with van der Waals surface area (Å²) in [4.78, 5) is 39.3. The lowest BCUT2D eigenvalue weighted by Gasteiger charge is -2.43. The van der Waals surface area contributed by atoms with E-state index < -0.39 is 0 Å². The summed E-state index contributed by atoms with van der Waals surface area (Å²) in [5.74, 6) is 1.57. The molecule has 3 N–H and O–H groups in total. The molecule has 46 heavy (non-hydrogen) atoms. The highest BCUT2D eigenvalue weighted by Gasteiger charge is 2.41. The third-order valence-corrected chi connectivity index (χ3v) is 9.23. The number of benzene rings is 1. The number of fused-ring (bicyclic) bond motifs is 1. The van der Waals surface area contributed by atoms with Crippen LogP contribution in [-0.2, 0) is 14.3 Å². The molecule has 0 radical (unpaired) electrons. The van der Waals surface area contributed by atoms with Crippen LogP contribution in [0.3, 0.4) is 0 Å².